The number of ether oxygens (including phenoxy) is 2. The van der Waals surface area contributed by atoms with E-state index in [0.29, 0.717) is 43.6 Å². The topological polar surface area (TPSA) is 90.0 Å². The monoisotopic (exact) mass is 511 g/mol. The van der Waals surface area contributed by atoms with Gasteiger partial charge in [-0.1, -0.05) is 13.8 Å². The highest BCUT2D eigenvalue weighted by Gasteiger charge is 2.28. The number of carbonyl (C=O) groups is 2. The minimum absolute atomic E-state index is 0.00867. The molecule has 1 amide bonds. The van der Waals surface area contributed by atoms with E-state index in [1.165, 1.54) is 12.1 Å². The summed E-state index contributed by atoms with van der Waals surface area (Å²) in [6.45, 7) is 10.1. The molecule has 0 unspecified atom stereocenters. The quantitative estimate of drug-likeness (QED) is 0.423. The third kappa shape index (κ3) is 9.63. The molecule has 0 saturated carbocycles. The lowest BCUT2D eigenvalue weighted by atomic mass is 9.98. The standard InChI is InChI=1S/C26H38FNO6S/c1-19(2)25(30)28-14-12-20(13-15-28)18-35(31,32)23-9-7-22(8-10-23)33-17-21(16-27)6-11-24(29)34-26(3,4)5/h7-10,16,19-20H,6,11-15,17-18H2,1-5H3/b21-16+. The number of rotatable bonds is 10. The van der Waals surface area contributed by atoms with Crippen LogP contribution in [-0.2, 0) is 24.2 Å². The molecule has 0 bridgehead atoms. The van der Waals surface area contributed by atoms with Crippen molar-refractivity contribution < 1.29 is 31.9 Å². The van der Waals surface area contributed by atoms with E-state index in [-0.39, 0.29) is 47.8 Å². The van der Waals surface area contributed by atoms with Gasteiger partial charge >= 0.3 is 5.97 Å². The highest BCUT2D eigenvalue weighted by molar-refractivity contribution is 7.91. The fourth-order valence-corrected chi connectivity index (χ4v) is 5.52. The highest BCUT2D eigenvalue weighted by atomic mass is 32.2. The SMILES string of the molecule is CC(C)C(=O)N1CCC(CS(=O)(=O)c2ccc(OC/C(=C/F)CCC(=O)OC(C)(C)C)cc2)CC1. The van der Waals surface area contributed by atoms with Gasteiger partial charge in [0.2, 0.25) is 5.91 Å². The van der Waals surface area contributed by atoms with Crippen LogP contribution in [0.15, 0.2) is 41.1 Å². The molecule has 0 radical (unpaired) electrons. The van der Waals surface area contributed by atoms with Crippen LogP contribution < -0.4 is 4.74 Å². The van der Waals surface area contributed by atoms with Crippen molar-refractivity contribution in [3.05, 3.63) is 36.2 Å². The summed E-state index contributed by atoms with van der Waals surface area (Å²) >= 11 is 0. The van der Waals surface area contributed by atoms with Crippen molar-refractivity contribution in [1.29, 1.82) is 0 Å². The van der Waals surface area contributed by atoms with E-state index in [0.717, 1.165) is 0 Å². The van der Waals surface area contributed by atoms with Crippen molar-refractivity contribution in [3.63, 3.8) is 0 Å². The average Bonchev–Trinajstić information content (AvgIpc) is 2.78. The molecule has 196 valence electrons. The molecule has 0 atom stereocenters. The third-order valence-corrected chi connectivity index (χ3v) is 7.61. The second kappa shape index (κ2) is 12.5. The van der Waals surface area contributed by atoms with Crippen molar-refractivity contribution in [3.8, 4) is 5.75 Å². The molecule has 0 aliphatic carbocycles. The summed E-state index contributed by atoms with van der Waals surface area (Å²) in [5.41, 5.74) is -0.297. The highest BCUT2D eigenvalue weighted by Crippen LogP contribution is 2.25. The molecule has 1 aromatic carbocycles. The predicted octanol–water partition coefficient (Wildman–Crippen LogP) is 4.71. The maximum atomic E-state index is 13.2. The van der Waals surface area contributed by atoms with Crippen molar-refractivity contribution >= 4 is 21.7 Å². The lowest BCUT2D eigenvalue weighted by molar-refractivity contribution is -0.154. The van der Waals surface area contributed by atoms with Crippen LogP contribution in [0.1, 0.15) is 60.3 Å². The predicted molar refractivity (Wildman–Crippen MR) is 132 cm³/mol. The zero-order chi connectivity index (χ0) is 26.2. The summed E-state index contributed by atoms with van der Waals surface area (Å²) < 4.78 is 49.7. The fourth-order valence-electron chi connectivity index (χ4n) is 3.82. The van der Waals surface area contributed by atoms with Crippen LogP contribution in [0.2, 0.25) is 0 Å². The molecule has 1 aromatic rings. The molecular formula is C26H38FNO6S. The lowest BCUT2D eigenvalue weighted by Gasteiger charge is -2.33. The van der Waals surface area contributed by atoms with Crippen molar-refractivity contribution in [2.24, 2.45) is 11.8 Å². The maximum Gasteiger partial charge on any atom is 0.306 e. The Labute approximate surface area is 208 Å². The summed E-state index contributed by atoms with van der Waals surface area (Å²) in [6.07, 6.45) is 1.96. The second-order valence-electron chi connectivity index (χ2n) is 10.3. The molecule has 1 aliphatic heterocycles. The van der Waals surface area contributed by atoms with E-state index in [1.54, 1.807) is 32.9 Å². The molecule has 2 rings (SSSR count). The molecule has 0 aromatic heterocycles. The van der Waals surface area contributed by atoms with E-state index in [1.807, 2.05) is 18.7 Å². The number of nitrogens with zero attached hydrogens (tertiary/aromatic N) is 1. The van der Waals surface area contributed by atoms with E-state index < -0.39 is 21.4 Å². The Hall–Kier alpha value is -2.42. The number of piperidine rings is 1. The molecule has 1 saturated heterocycles. The Morgan fingerprint density at radius 3 is 2.23 bits per heavy atom. The normalized spacial score (nSPS) is 15.9. The number of hydrogen-bond acceptors (Lipinski definition) is 6. The number of halogens is 1. The molecule has 1 aliphatic rings. The van der Waals surface area contributed by atoms with Gasteiger partial charge in [0, 0.05) is 25.4 Å². The minimum atomic E-state index is -3.48. The van der Waals surface area contributed by atoms with E-state index in [2.05, 4.69) is 0 Å². The smallest absolute Gasteiger partial charge is 0.306 e. The van der Waals surface area contributed by atoms with Gasteiger partial charge in [-0.05, 0) is 75.8 Å². The first-order chi connectivity index (χ1) is 16.3. The van der Waals surface area contributed by atoms with Crippen LogP contribution in [0.4, 0.5) is 4.39 Å². The zero-order valence-electron chi connectivity index (χ0n) is 21.4. The third-order valence-electron chi connectivity index (χ3n) is 5.71. The first-order valence-corrected chi connectivity index (χ1v) is 13.7. The Morgan fingerprint density at radius 2 is 1.71 bits per heavy atom. The summed E-state index contributed by atoms with van der Waals surface area (Å²) in [6, 6.07) is 6.06. The molecular weight excluding hydrogens is 473 g/mol. The zero-order valence-corrected chi connectivity index (χ0v) is 22.2. The summed E-state index contributed by atoms with van der Waals surface area (Å²) in [5, 5.41) is 0. The molecule has 9 heteroatoms. The van der Waals surface area contributed by atoms with Gasteiger partial charge in [-0.3, -0.25) is 9.59 Å². The van der Waals surface area contributed by atoms with Gasteiger partial charge in [0.1, 0.15) is 18.0 Å². The Morgan fingerprint density at radius 1 is 1.11 bits per heavy atom. The lowest BCUT2D eigenvalue weighted by Crippen LogP contribution is -2.41. The van der Waals surface area contributed by atoms with Crippen LogP contribution >= 0.6 is 0 Å². The second-order valence-corrected chi connectivity index (χ2v) is 12.4. The Bertz CT molecular complexity index is 988. The largest absolute Gasteiger partial charge is 0.489 e. The number of esters is 1. The van der Waals surface area contributed by atoms with E-state index in [9.17, 15) is 22.4 Å². The van der Waals surface area contributed by atoms with Crippen molar-refractivity contribution in [1.82, 2.24) is 4.90 Å². The first kappa shape index (κ1) is 28.8. The van der Waals surface area contributed by atoms with Crippen LogP contribution in [-0.4, -0.2) is 56.2 Å². The Balaban J connectivity index is 1.85. The van der Waals surface area contributed by atoms with Gasteiger partial charge in [0.05, 0.1) is 17.0 Å². The maximum absolute atomic E-state index is 13.2. The number of sulfone groups is 1. The van der Waals surface area contributed by atoms with Crippen molar-refractivity contribution in [2.75, 3.05) is 25.4 Å². The van der Waals surface area contributed by atoms with Crippen LogP contribution in [0.3, 0.4) is 0 Å². The number of benzene rings is 1. The molecule has 0 spiro atoms. The Kier molecular flexibility index (Phi) is 10.3. The molecule has 0 N–H and O–H groups in total. The van der Waals surface area contributed by atoms with E-state index >= 15 is 0 Å². The van der Waals surface area contributed by atoms with E-state index in [4.69, 9.17) is 9.47 Å². The molecule has 7 nitrogen and oxygen atoms in total. The molecule has 1 fully saturated rings. The van der Waals surface area contributed by atoms with Crippen LogP contribution in [0.5, 0.6) is 5.75 Å². The first-order valence-electron chi connectivity index (χ1n) is 12.0. The van der Waals surface area contributed by atoms with Crippen LogP contribution in [0.25, 0.3) is 0 Å². The van der Waals surface area contributed by atoms with Crippen molar-refractivity contribution in [2.45, 2.75) is 70.8 Å². The molecule has 1 heterocycles. The van der Waals surface area contributed by atoms with Gasteiger partial charge < -0.3 is 14.4 Å². The average molecular weight is 512 g/mol. The number of amides is 1. The minimum Gasteiger partial charge on any atom is -0.489 e. The summed E-state index contributed by atoms with van der Waals surface area (Å²) in [5.74, 6) is 0.0880. The number of hydrogen-bond donors (Lipinski definition) is 0. The summed E-state index contributed by atoms with van der Waals surface area (Å²) in [7, 11) is -3.48. The van der Waals surface area contributed by atoms with Gasteiger partial charge in [-0.25, -0.2) is 12.8 Å². The van der Waals surface area contributed by atoms with Crippen LogP contribution in [0, 0.1) is 11.8 Å². The molecule has 35 heavy (non-hydrogen) atoms. The number of carbonyl (C=O) groups excluding carboxylic acids is 2. The fraction of sp³-hybridized carbons (Fsp3) is 0.615. The van der Waals surface area contributed by atoms with Gasteiger partial charge in [0.15, 0.2) is 9.84 Å². The number of likely N-dealkylation sites (tertiary alicyclic amines) is 1. The summed E-state index contributed by atoms with van der Waals surface area (Å²) in [4.78, 5) is 26.0. The van der Waals surface area contributed by atoms with Gasteiger partial charge in [0.25, 0.3) is 0 Å². The van der Waals surface area contributed by atoms with Gasteiger partial charge in [-0.15, -0.1) is 0 Å². The van der Waals surface area contributed by atoms with Gasteiger partial charge in [-0.2, -0.15) is 0 Å².